The Labute approximate surface area is 149 Å². The molecule has 0 unspecified atom stereocenters. The van der Waals surface area contributed by atoms with Gasteiger partial charge in [-0.15, -0.1) is 0 Å². The van der Waals surface area contributed by atoms with Crippen LogP contribution in [-0.2, 0) is 16.1 Å². The molecule has 0 atom stereocenters. The van der Waals surface area contributed by atoms with E-state index in [1.165, 1.54) is 0 Å². The molecule has 0 saturated heterocycles. The monoisotopic (exact) mass is 338 g/mol. The van der Waals surface area contributed by atoms with Crippen molar-refractivity contribution in [1.82, 2.24) is 5.32 Å². The fourth-order valence-corrected chi connectivity index (χ4v) is 2.38. The Morgan fingerprint density at radius 3 is 2.04 bits per heavy atom. The largest absolute Gasteiger partial charge is 0.355 e. The fourth-order valence-electron chi connectivity index (χ4n) is 2.38. The van der Waals surface area contributed by atoms with Crippen molar-refractivity contribution in [3.05, 3.63) is 66.2 Å². The summed E-state index contributed by atoms with van der Waals surface area (Å²) in [4.78, 5) is 26.5. The van der Waals surface area contributed by atoms with Gasteiger partial charge >= 0.3 is 0 Å². The first-order valence-corrected chi connectivity index (χ1v) is 8.55. The predicted molar refractivity (Wildman–Crippen MR) is 101 cm³/mol. The van der Waals surface area contributed by atoms with E-state index in [2.05, 4.69) is 5.32 Å². The van der Waals surface area contributed by atoms with Gasteiger partial charge in [-0.2, -0.15) is 0 Å². The molecule has 0 aliphatic rings. The Kier molecular flexibility index (Phi) is 6.34. The molecule has 0 saturated carbocycles. The lowest BCUT2D eigenvalue weighted by Crippen LogP contribution is -2.38. The highest BCUT2D eigenvalue weighted by molar-refractivity contribution is 5.93. The molecule has 2 amide bonds. The number of carbonyl (C=O) groups is 2. The molecule has 0 fully saturated rings. The minimum Gasteiger partial charge on any atom is -0.355 e. The van der Waals surface area contributed by atoms with E-state index in [4.69, 9.17) is 0 Å². The Hall–Kier alpha value is -2.62. The van der Waals surface area contributed by atoms with Crippen molar-refractivity contribution in [2.24, 2.45) is 5.41 Å². The van der Waals surface area contributed by atoms with Gasteiger partial charge in [0.25, 0.3) is 0 Å². The first-order chi connectivity index (χ1) is 11.9. The molecule has 0 aliphatic heterocycles. The van der Waals surface area contributed by atoms with Gasteiger partial charge in [0.2, 0.25) is 11.8 Å². The lowest BCUT2D eigenvalue weighted by atomic mass is 9.96. The van der Waals surface area contributed by atoms with Gasteiger partial charge in [-0.05, 0) is 17.7 Å². The summed E-state index contributed by atoms with van der Waals surface area (Å²) < 4.78 is 0. The molecule has 0 bridgehead atoms. The molecule has 0 spiro atoms. The minimum atomic E-state index is -0.452. The fraction of sp³-hybridized carbons (Fsp3) is 0.333. The minimum absolute atomic E-state index is 0.00994. The van der Waals surface area contributed by atoms with Crippen LogP contribution < -0.4 is 10.2 Å². The van der Waals surface area contributed by atoms with Gasteiger partial charge in [-0.1, -0.05) is 69.3 Å². The maximum absolute atomic E-state index is 12.8. The van der Waals surface area contributed by atoms with E-state index in [1.54, 1.807) is 4.90 Å². The molecule has 0 radical (unpaired) electrons. The molecule has 4 nitrogen and oxygen atoms in total. The zero-order valence-electron chi connectivity index (χ0n) is 15.2. The van der Waals surface area contributed by atoms with Crippen molar-refractivity contribution < 1.29 is 9.59 Å². The van der Waals surface area contributed by atoms with Crippen LogP contribution in [-0.4, -0.2) is 18.4 Å². The van der Waals surface area contributed by atoms with Crippen molar-refractivity contribution in [2.75, 3.05) is 11.4 Å². The molecule has 25 heavy (non-hydrogen) atoms. The van der Waals surface area contributed by atoms with Crippen LogP contribution in [0.2, 0.25) is 0 Å². The third kappa shape index (κ3) is 5.75. The van der Waals surface area contributed by atoms with E-state index in [-0.39, 0.29) is 18.2 Å². The first kappa shape index (κ1) is 18.7. The van der Waals surface area contributed by atoms with Crippen molar-refractivity contribution in [1.29, 1.82) is 0 Å². The summed E-state index contributed by atoms with van der Waals surface area (Å²) in [5, 5.41) is 2.84. The topological polar surface area (TPSA) is 49.4 Å². The van der Waals surface area contributed by atoms with E-state index >= 15 is 0 Å². The lowest BCUT2D eigenvalue weighted by molar-refractivity contribution is -0.128. The van der Waals surface area contributed by atoms with E-state index < -0.39 is 5.41 Å². The smallest absolute Gasteiger partial charge is 0.229 e. The maximum Gasteiger partial charge on any atom is 0.229 e. The average molecular weight is 338 g/mol. The average Bonchev–Trinajstić information content (AvgIpc) is 2.60. The number of nitrogens with zero attached hydrogens (tertiary/aromatic N) is 1. The van der Waals surface area contributed by atoms with Crippen LogP contribution in [0.4, 0.5) is 5.69 Å². The third-order valence-electron chi connectivity index (χ3n) is 3.86. The number of nitrogens with one attached hydrogen (secondary N) is 1. The Morgan fingerprint density at radius 1 is 0.920 bits per heavy atom. The Morgan fingerprint density at radius 2 is 1.48 bits per heavy atom. The molecular formula is C21H26N2O2. The molecule has 2 aromatic carbocycles. The Bertz CT molecular complexity index is 691. The summed E-state index contributed by atoms with van der Waals surface area (Å²) in [5.41, 5.74) is 1.48. The summed E-state index contributed by atoms with van der Waals surface area (Å²) in [6.45, 7) is 6.42. The second kappa shape index (κ2) is 8.47. The van der Waals surface area contributed by atoms with Gasteiger partial charge in [0.15, 0.2) is 0 Å². The highest BCUT2D eigenvalue weighted by Crippen LogP contribution is 2.18. The molecular weight excluding hydrogens is 312 g/mol. The molecule has 132 valence electrons. The van der Waals surface area contributed by atoms with Crippen molar-refractivity contribution in [3.63, 3.8) is 0 Å². The highest BCUT2D eigenvalue weighted by atomic mass is 16.2. The molecule has 0 heterocycles. The van der Waals surface area contributed by atoms with Crippen LogP contribution in [0, 0.1) is 5.41 Å². The van der Waals surface area contributed by atoms with Crippen LogP contribution in [0.25, 0.3) is 0 Å². The number of amides is 2. The third-order valence-corrected chi connectivity index (χ3v) is 3.86. The van der Waals surface area contributed by atoms with Crippen molar-refractivity contribution in [3.8, 4) is 0 Å². The standard InChI is InChI=1S/C21H26N2O2/c1-21(2,3)20(25)22-15-14-19(24)23(18-12-8-5-9-13-18)16-17-10-6-4-7-11-17/h4-13H,14-16H2,1-3H3,(H,22,25). The van der Waals surface area contributed by atoms with Crippen LogP contribution in [0.3, 0.4) is 0 Å². The number of carbonyl (C=O) groups excluding carboxylic acids is 2. The van der Waals surface area contributed by atoms with E-state index in [0.29, 0.717) is 13.1 Å². The van der Waals surface area contributed by atoms with E-state index in [1.807, 2.05) is 81.4 Å². The van der Waals surface area contributed by atoms with Crippen LogP contribution in [0.15, 0.2) is 60.7 Å². The summed E-state index contributed by atoms with van der Waals surface area (Å²) in [7, 11) is 0. The second-order valence-corrected chi connectivity index (χ2v) is 7.06. The maximum atomic E-state index is 12.8. The van der Waals surface area contributed by atoms with Crippen molar-refractivity contribution in [2.45, 2.75) is 33.7 Å². The van der Waals surface area contributed by atoms with Gasteiger partial charge in [-0.25, -0.2) is 0 Å². The van der Waals surface area contributed by atoms with Crippen LogP contribution in [0.5, 0.6) is 0 Å². The lowest BCUT2D eigenvalue weighted by Gasteiger charge is -2.24. The zero-order chi connectivity index (χ0) is 18.3. The number of benzene rings is 2. The molecule has 0 aromatic heterocycles. The van der Waals surface area contributed by atoms with Gasteiger partial charge in [0, 0.05) is 24.1 Å². The second-order valence-electron chi connectivity index (χ2n) is 7.06. The Balaban J connectivity index is 2.05. The molecule has 0 aliphatic carbocycles. The summed E-state index contributed by atoms with van der Waals surface area (Å²) in [5.74, 6) is -0.0566. The SMILES string of the molecule is CC(C)(C)C(=O)NCCC(=O)N(Cc1ccccc1)c1ccccc1. The summed E-state index contributed by atoms with van der Waals surface area (Å²) in [6.07, 6.45) is 0.267. The number of anilines is 1. The normalized spacial score (nSPS) is 11.0. The van der Waals surface area contributed by atoms with Gasteiger partial charge < -0.3 is 10.2 Å². The number of hydrogen-bond acceptors (Lipinski definition) is 2. The highest BCUT2D eigenvalue weighted by Gasteiger charge is 2.21. The van der Waals surface area contributed by atoms with Crippen LogP contribution in [0.1, 0.15) is 32.8 Å². The quantitative estimate of drug-likeness (QED) is 0.871. The molecule has 2 aromatic rings. The summed E-state index contributed by atoms with van der Waals surface area (Å²) in [6, 6.07) is 19.5. The van der Waals surface area contributed by atoms with Crippen molar-refractivity contribution >= 4 is 17.5 Å². The van der Waals surface area contributed by atoms with E-state index in [0.717, 1.165) is 11.3 Å². The van der Waals surface area contributed by atoms with Gasteiger partial charge in [0.05, 0.1) is 6.54 Å². The van der Waals surface area contributed by atoms with Gasteiger partial charge in [0.1, 0.15) is 0 Å². The molecule has 2 rings (SSSR count). The molecule has 4 heteroatoms. The predicted octanol–water partition coefficient (Wildman–Crippen LogP) is 3.77. The summed E-state index contributed by atoms with van der Waals surface area (Å²) >= 11 is 0. The number of para-hydroxylation sites is 1. The van der Waals surface area contributed by atoms with E-state index in [9.17, 15) is 9.59 Å². The molecule has 1 N–H and O–H groups in total. The zero-order valence-corrected chi connectivity index (χ0v) is 15.2. The van der Waals surface area contributed by atoms with Gasteiger partial charge in [-0.3, -0.25) is 9.59 Å². The van der Waals surface area contributed by atoms with Crippen LogP contribution >= 0.6 is 0 Å². The first-order valence-electron chi connectivity index (χ1n) is 8.55. The number of hydrogen-bond donors (Lipinski definition) is 1. The number of rotatable bonds is 6.